The number of nitrogens with one attached hydrogen (secondary N) is 1. The van der Waals surface area contributed by atoms with Crippen LogP contribution in [0.3, 0.4) is 0 Å². The highest BCUT2D eigenvalue weighted by molar-refractivity contribution is 7.85. The highest BCUT2D eigenvalue weighted by atomic mass is 32.2. The van der Waals surface area contributed by atoms with Gasteiger partial charge in [-0.25, -0.2) is 8.42 Å². The van der Waals surface area contributed by atoms with Crippen molar-refractivity contribution in [3.05, 3.63) is 107 Å². The molecule has 0 fully saturated rings. The van der Waals surface area contributed by atoms with Crippen molar-refractivity contribution in [1.29, 1.82) is 0 Å². The van der Waals surface area contributed by atoms with Gasteiger partial charge in [-0.15, -0.1) is 0 Å². The number of rotatable bonds is 17. The molecule has 0 saturated heterocycles. The summed E-state index contributed by atoms with van der Waals surface area (Å²) in [7, 11) is -8.24. The Labute approximate surface area is 311 Å². The molecule has 1 aliphatic carbocycles. The number of fused-ring (bicyclic) bond motifs is 2. The Hall–Kier alpha value is -3.51. The quantitative estimate of drug-likeness (QED) is 0.0959. The molecule has 2 aromatic rings. The Bertz CT molecular complexity index is 2020. The largest absolute Gasteiger partial charge is 0.748 e. The van der Waals surface area contributed by atoms with Crippen LogP contribution in [0.15, 0.2) is 95.4 Å². The van der Waals surface area contributed by atoms with Crippen LogP contribution in [0.4, 0.5) is 11.4 Å². The molecule has 0 bridgehead atoms. The zero-order valence-electron chi connectivity index (χ0n) is 31.3. The Kier molecular flexibility index (Phi) is 12.4. The Morgan fingerprint density at radius 2 is 1.54 bits per heavy atom. The van der Waals surface area contributed by atoms with E-state index in [-0.39, 0.29) is 22.3 Å². The number of para-hydroxylation sites is 2. The molecule has 52 heavy (non-hydrogen) atoms. The van der Waals surface area contributed by atoms with Gasteiger partial charge in [-0.1, -0.05) is 75.7 Å². The summed E-state index contributed by atoms with van der Waals surface area (Å²) in [6.45, 7) is 13.3. The van der Waals surface area contributed by atoms with Crippen molar-refractivity contribution in [3.63, 3.8) is 0 Å². The molecule has 282 valence electrons. The average Bonchev–Trinajstić information content (AvgIpc) is 3.63. The number of benzene rings is 2. The number of hydrogen-bond donors (Lipinski definition) is 2. The van der Waals surface area contributed by atoms with Crippen molar-refractivity contribution >= 4 is 37.3 Å². The molecule has 2 N–H and O–H groups in total. The molecule has 0 unspecified atom stereocenters. The summed E-state index contributed by atoms with van der Waals surface area (Å²) in [5.41, 5.74) is 10.2. The first-order valence-electron chi connectivity index (χ1n) is 18.6. The Balaban J connectivity index is 1.48. The molecule has 0 saturated carbocycles. The summed E-state index contributed by atoms with van der Waals surface area (Å²) in [4.78, 5) is 2.29. The number of allylic oxidation sites excluding steroid dienone is 7. The number of unbranched alkanes of at least 4 members (excludes halogenated alkanes) is 3. The topological polar surface area (TPSA) is 130 Å². The molecule has 9 nitrogen and oxygen atoms in total. The van der Waals surface area contributed by atoms with Crippen LogP contribution in [-0.2, 0) is 31.1 Å². The molecule has 2 heterocycles. The first kappa shape index (κ1) is 39.7. The fourth-order valence-electron chi connectivity index (χ4n) is 7.90. The van der Waals surface area contributed by atoms with Gasteiger partial charge in [0, 0.05) is 65.5 Å². The summed E-state index contributed by atoms with van der Waals surface area (Å²) < 4.78 is 68.1. The summed E-state index contributed by atoms with van der Waals surface area (Å²) in [5.74, 6) is -0.591. The lowest BCUT2D eigenvalue weighted by Gasteiger charge is -2.27. The van der Waals surface area contributed by atoms with Crippen LogP contribution in [0.2, 0.25) is 0 Å². The van der Waals surface area contributed by atoms with Crippen LogP contribution >= 0.6 is 0 Å². The zero-order chi connectivity index (χ0) is 37.7. The van der Waals surface area contributed by atoms with E-state index in [1.807, 2.05) is 12.1 Å². The van der Waals surface area contributed by atoms with E-state index < -0.39 is 20.2 Å². The van der Waals surface area contributed by atoms with Crippen LogP contribution in [0.25, 0.3) is 0 Å². The van der Waals surface area contributed by atoms with Gasteiger partial charge < -0.3 is 14.8 Å². The second-order valence-corrected chi connectivity index (χ2v) is 18.3. The Morgan fingerprint density at radius 3 is 2.25 bits per heavy atom. The second kappa shape index (κ2) is 16.2. The molecule has 0 atom stereocenters. The molecule has 3 aliphatic rings. The van der Waals surface area contributed by atoms with E-state index in [2.05, 4.69) is 110 Å². The average molecular weight is 750 g/mol. The molecule has 2 aliphatic heterocycles. The third-order valence-corrected chi connectivity index (χ3v) is 12.3. The van der Waals surface area contributed by atoms with Gasteiger partial charge in [0.1, 0.15) is 6.54 Å². The van der Waals surface area contributed by atoms with Gasteiger partial charge in [0.05, 0.1) is 21.3 Å². The highest BCUT2D eigenvalue weighted by Gasteiger charge is 2.44. The van der Waals surface area contributed by atoms with Crippen molar-refractivity contribution in [3.8, 4) is 0 Å². The van der Waals surface area contributed by atoms with Crippen molar-refractivity contribution in [1.82, 2.24) is 5.32 Å². The standard InChI is InChI=1S/C41H55N3O6S2/c1-6-7-26-42-39-31(22-24-37-40(2,3)33-16-8-10-18-35(33)43(37)27-12-14-29-51(45,46)47)20-21-32(39)23-25-38-41(4,5)34-17-9-11-19-36(34)44(38)28-13-15-30-52(48,49)50/h8-11,16-19,22-25H,6-7,12-15,20-21,26-30H2,1-5H3,(H2,45,46,47,48,49,50)/b31-22+,37-24+. The first-order chi connectivity index (χ1) is 24.5. The van der Waals surface area contributed by atoms with E-state index in [4.69, 9.17) is 0 Å². The first-order valence-corrected chi connectivity index (χ1v) is 21.8. The minimum Gasteiger partial charge on any atom is -0.748 e. The number of anilines is 1. The van der Waals surface area contributed by atoms with Gasteiger partial charge in [0.2, 0.25) is 5.69 Å². The van der Waals surface area contributed by atoms with Crippen LogP contribution in [0.1, 0.15) is 97.1 Å². The number of nitrogens with zero attached hydrogens (tertiary/aromatic N) is 2. The third kappa shape index (κ3) is 9.16. The summed E-state index contributed by atoms with van der Waals surface area (Å²) in [5, 5.41) is 3.77. The highest BCUT2D eigenvalue weighted by Crippen LogP contribution is 2.48. The van der Waals surface area contributed by atoms with E-state index in [0.29, 0.717) is 38.8 Å². The van der Waals surface area contributed by atoms with Crippen LogP contribution in [0.5, 0.6) is 0 Å². The summed E-state index contributed by atoms with van der Waals surface area (Å²) >= 11 is 0. The molecule has 11 heteroatoms. The van der Waals surface area contributed by atoms with Gasteiger partial charge in [-0.05, 0) is 81.2 Å². The van der Waals surface area contributed by atoms with Crippen molar-refractivity contribution in [2.24, 2.45) is 0 Å². The van der Waals surface area contributed by atoms with Gasteiger partial charge >= 0.3 is 0 Å². The maximum absolute atomic E-state index is 11.4. The number of hydrogen-bond acceptors (Lipinski definition) is 7. The second-order valence-electron chi connectivity index (χ2n) is 15.2. The summed E-state index contributed by atoms with van der Waals surface area (Å²) in [6.07, 6.45) is 14.8. The van der Waals surface area contributed by atoms with Crippen molar-refractivity contribution in [2.75, 3.05) is 36.0 Å². The molecule has 2 aromatic carbocycles. The molecule has 5 rings (SSSR count). The van der Waals surface area contributed by atoms with Gasteiger partial charge in [0.25, 0.3) is 10.1 Å². The fraction of sp³-hybridized carbons (Fsp3) is 0.488. The van der Waals surface area contributed by atoms with Gasteiger partial charge in [-0.2, -0.15) is 13.0 Å². The third-order valence-electron chi connectivity index (χ3n) is 10.7. The molecule has 0 aromatic heterocycles. The van der Waals surface area contributed by atoms with E-state index in [0.717, 1.165) is 60.7 Å². The van der Waals surface area contributed by atoms with Crippen molar-refractivity contribution in [2.45, 2.75) is 96.8 Å². The van der Waals surface area contributed by atoms with Gasteiger partial charge in [-0.3, -0.25) is 4.55 Å². The maximum atomic E-state index is 11.4. The molecule has 0 radical (unpaired) electrons. The molecule has 0 amide bonds. The molecular weight excluding hydrogens is 695 g/mol. The summed E-state index contributed by atoms with van der Waals surface area (Å²) in [6, 6.07) is 16.8. The van der Waals surface area contributed by atoms with E-state index in [9.17, 15) is 25.9 Å². The van der Waals surface area contributed by atoms with E-state index >= 15 is 0 Å². The van der Waals surface area contributed by atoms with Crippen LogP contribution in [-0.4, -0.2) is 67.4 Å². The predicted octanol–water partition coefficient (Wildman–Crippen LogP) is 7.66. The van der Waals surface area contributed by atoms with Gasteiger partial charge in [0.15, 0.2) is 5.71 Å². The van der Waals surface area contributed by atoms with E-state index in [1.54, 1.807) is 0 Å². The molecule has 0 spiro atoms. The molecular formula is C41H55N3O6S2. The SMILES string of the molecule is CCCCNC1=C(/C=C/C2=[N+](CCCCS(=O)(=O)O)c3ccccc3C2(C)C)CC/C1=C\C=C1\N(CCCCS(=O)(=O)[O-])c2ccccc2C1(C)C. The maximum Gasteiger partial charge on any atom is 0.264 e. The van der Waals surface area contributed by atoms with Crippen molar-refractivity contribution < 1.29 is 30.5 Å². The van der Waals surface area contributed by atoms with Crippen LogP contribution in [0, 0.1) is 0 Å². The smallest absolute Gasteiger partial charge is 0.264 e. The van der Waals surface area contributed by atoms with E-state index in [1.165, 1.54) is 22.3 Å². The predicted molar refractivity (Wildman–Crippen MR) is 210 cm³/mol. The van der Waals surface area contributed by atoms with Crippen LogP contribution < -0.4 is 10.2 Å². The minimum absolute atomic E-state index is 0.241. The minimum atomic E-state index is -4.25. The Morgan fingerprint density at radius 1 is 0.846 bits per heavy atom. The zero-order valence-corrected chi connectivity index (χ0v) is 33.0. The lowest BCUT2D eigenvalue weighted by molar-refractivity contribution is -0.438. The monoisotopic (exact) mass is 749 g/mol. The normalized spacial score (nSPS) is 19.8. The lowest BCUT2D eigenvalue weighted by atomic mass is 9.81. The fourth-order valence-corrected chi connectivity index (χ4v) is 9.03. The lowest BCUT2D eigenvalue weighted by Crippen LogP contribution is -2.28.